The Morgan fingerprint density at radius 2 is 2.25 bits per heavy atom. The Morgan fingerprint density at radius 3 is 2.94 bits per heavy atom. The number of carboxylic acid groups (broad SMARTS) is 1. The van der Waals surface area contributed by atoms with Crippen molar-refractivity contribution in [1.29, 1.82) is 0 Å². The monoisotopic (exact) mass is 222 g/mol. The second kappa shape index (κ2) is 3.79. The fourth-order valence-corrected chi connectivity index (χ4v) is 2.22. The maximum atomic E-state index is 10.8. The van der Waals surface area contributed by atoms with E-state index in [1.54, 1.807) is 24.3 Å². The van der Waals surface area contributed by atoms with E-state index >= 15 is 0 Å². The van der Waals surface area contributed by atoms with Crippen molar-refractivity contribution in [1.82, 2.24) is 0 Å². The number of ether oxygens (including phenoxy) is 1. The lowest BCUT2D eigenvalue weighted by molar-refractivity contribution is -0.145. The molecular formula is C12H14O4. The van der Waals surface area contributed by atoms with E-state index in [0.29, 0.717) is 17.7 Å². The molecule has 0 fully saturated rings. The van der Waals surface area contributed by atoms with Crippen molar-refractivity contribution in [2.75, 3.05) is 0 Å². The van der Waals surface area contributed by atoms with Crippen molar-refractivity contribution in [3.8, 4) is 5.75 Å². The SMILES string of the molecule is C[C@@H]1CC(O)(CC(=O)O)c2ccccc2O1. The molecule has 0 aliphatic carbocycles. The van der Waals surface area contributed by atoms with Gasteiger partial charge in [-0.1, -0.05) is 18.2 Å². The predicted octanol–water partition coefficient (Wildman–Crippen LogP) is 1.52. The van der Waals surface area contributed by atoms with Gasteiger partial charge in [-0.15, -0.1) is 0 Å². The first-order chi connectivity index (χ1) is 7.51. The molecule has 0 bridgehead atoms. The van der Waals surface area contributed by atoms with E-state index in [1.807, 2.05) is 6.92 Å². The second-order valence-corrected chi connectivity index (χ2v) is 4.23. The molecule has 4 heteroatoms. The van der Waals surface area contributed by atoms with E-state index in [-0.39, 0.29) is 12.5 Å². The molecule has 0 radical (unpaired) electrons. The molecule has 16 heavy (non-hydrogen) atoms. The van der Waals surface area contributed by atoms with Crippen molar-refractivity contribution in [2.45, 2.75) is 31.5 Å². The van der Waals surface area contributed by atoms with Crippen LogP contribution >= 0.6 is 0 Å². The molecule has 1 aromatic rings. The number of benzene rings is 1. The molecule has 4 nitrogen and oxygen atoms in total. The van der Waals surface area contributed by atoms with Crippen LogP contribution in [0.4, 0.5) is 0 Å². The van der Waals surface area contributed by atoms with Gasteiger partial charge >= 0.3 is 5.97 Å². The molecule has 2 N–H and O–H groups in total. The van der Waals surface area contributed by atoms with Gasteiger partial charge in [0, 0.05) is 12.0 Å². The predicted molar refractivity (Wildman–Crippen MR) is 57.3 cm³/mol. The number of rotatable bonds is 2. The fraction of sp³-hybridized carbons (Fsp3) is 0.417. The average molecular weight is 222 g/mol. The lowest BCUT2D eigenvalue weighted by atomic mass is 9.83. The third-order valence-electron chi connectivity index (χ3n) is 2.79. The van der Waals surface area contributed by atoms with Crippen LogP contribution < -0.4 is 4.74 Å². The maximum Gasteiger partial charge on any atom is 0.306 e. The van der Waals surface area contributed by atoms with Crippen LogP contribution in [0.1, 0.15) is 25.3 Å². The zero-order valence-corrected chi connectivity index (χ0v) is 9.01. The molecular weight excluding hydrogens is 208 g/mol. The number of carbonyl (C=O) groups is 1. The first-order valence-corrected chi connectivity index (χ1v) is 5.21. The minimum atomic E-state index is -1.32. The van der Waals surface area contributed by atoms with Crippen LogP contribution in [0, 0.1) is 0 Å². The van der Waals surface area contributed by atoms with E-state index in [0.717, 1.165) is 0 Å². The van der Waals surface area contributed by atoms with Gasteiger partial charge in [-0.05, 0) is 13.0 Å². The molecule has 0 spiro atoms. The van der Waals surface area contributed by atoms with Gasteiger partial charge in [-0.25, -0.2) is 0 Å². The minimum absolute atomic E-state index is 0.181. The van der Waals surface area contributed by atoms with Gasteiger partial charge in [0.05, 0.1) is 12.5 Å². The van der Waals surface area contributed by atoms with Crippen molar-refractivity contribution >= 4 is 5.97 Å². The van der Waals surface area contributed by atoms with Crippen LogP contribution in [0.25, 0.3) is 0 Å². The number of aliphatic hydroxyl groups is 1. The molecule has 0 saturated carbocycles. The van der Waals surface area contributed by atoms with E-state index in [4.69, 9.17) is 9.84 Å². The summed E-state index contributed by atoms with van der Waals surface area (Å²) in [6.07, 6.45) is -0.173. The average Bonchev–Trinajstić information content (AvgIpc) is 2.15. The Labute approximate surface area is 93.5 Å². The zero-order chi connectivity index (χ0) is 11.8. The smallest absolute Gasteiger partial charge is 0.306 e. The van der Waals surface area contributed by atoms with Crippen LogP contribution in [0.2, 0.25) is 0 Å². The first-order valence-electron chi connectivity index (χ1n) is 5.21. The van der Waals surface area contributed by atoms with Crippen molar-refractivity contribution in [2.24, 2.45) is 0 Å². The van der Waals surface area contributed by atoms with E-state index in [1.165, 1.54) is 0 Å². The molecule has 1 aromatic carbocycles. The third kappa shape index (κ3) is 1.88. The van der Waals surface area contributed by atoms with E-state index < -0.39 is 11.6 Å². The molecule has 0 saturated heterocycles. The summed E-state index contributed by atoms with van der Waals surface area (Å²) >= 11 is 0. The number of para-hydroxylation sites is 1. The molecule has 86 valence electrons. The molecule has 1 aliphatic heterocycles. The molecule has 0 aromatic heterocycles. The highest BCUT2D eigenvalue weighted by Crippen LogP contribution is 2.41. The largest absolute Gasteiger partial charge is 0.490 e. The van der Waals surface area contributed by atoms with E-state index in [2.05, 4.69) is 0 Å². The van der Waals surface area contributed by atoms with Crippen LogP contribution in [0.15, 0.2) is 24.3 Å². The maximum absolute atomic E-state index is 10.8. The van der Waals surface area contributed by atoms with Gasteiger partial charge in [-0.2, -0.15) is 0 Å². The summed E-state index contributed by atoms with van der Waals surface area (Å²) in [5.74, 6) is -0.434. The Balaban J connectivity index is 2.43. The van der Waals surface area contributed by atoms with Crippen LogP contribution in [0.3, 0.4) is 0 Å². The normalized spacial score (nSPS) is 28.0. The second-order valence-electron chi connectivity index (χ2n) is 4.23. The van der Waals surface area contributed by atoms with Crippen LogP contribution in [0.5, 0.6) is 5.75 Å². The summed E-state index contributed by atoms with van der Waals surface area (Å²) in [6.45, 7) is 1.82. The lowest BCUT2D eigenvalue weighted by Gasteiger charge is -2.36. The fourth-order valence-electron chi connectivity index (χ4n) is 2.22. The Hall–Kier alpha value is -1.55. The van der Waals surface area contributed by atoms with Gasteiger partial charge in [0.15, 0.2) is 0 Å². The van der Waals surface area contributed by atoms with Gasteiger partial charge in [0.25, 0.3) is 0 Å². The highest BCUT2D eigenvalue weighted by Gasteiger charge is 2.40. The highest BCUT2D eigenvalue weighted by molar-refractivity contribution is 5.69. The Bertz CT molecular complexity index is 415. The molecule has 2 rings (SSSR count). The van der Waals surface area contributed by atoms with E-state index in [9.17, 15) is 9.90 Å². The summed E-state index contributed by atoms with van der Waals surface area (Å²) in [6, 6.07) is 7.03. The number of hydrogen-bond donors (Lipinski definition) is 2. The number of hydrogen-bond acceptors (Lipinski definition) is 3. The Morgan fingerprint density at radius 1 is 1.56 bits per heavy atom. The minimum Gasteiger partial charge on any atom is -0.490 e. The van der Waals surface area contributed by atoms with Crippen molar-refractivity contribution in [3.05, 3.63) is 29.8 Å². The summed E-state index contributed by atoms with van der Waals surface area (Å²) < 4.78 is 5.56. The topological polar surface area (TPSA) is 66.8 Å². The summed E-state index contributed by atoms with van der Waals surface area (Å²) in [4.78, 5) is 10.8. The third-order valence-corrected chi connectivity index (χ3v) is 2.79. The van der Waals surface area contributed by atoms with Crippen molar-refractivity contribution < 1.29 is 19.7 Å². The Kier molecular flexibility index (Phi) is 2.59. The molecule has 1 heterocycles. The number of fused-ring (bicyclic) bond motifs is 1. The summed E-state index contributed by atoms with van der Waals surface area (Å²) in [5, 5.41) is 19.2. The van der Waals surface area contributed by atoms with Crippen molar-refractivity contribution in [3.63, 3.8) is 0 Å². The van der Waals surface area contributed by atoms with Gasteiger partial charge in [-0.3, -0.25) is 4.79 Å². The summed E-state index contributed by atoms with van der Waals surface area (Å²) in [7, 11) is 0. The van der Waals surface area contributed by atoms with Gasteiger partial charge < -0.3 is 14.9 Å². The van der Waals surface area contributed by atoms with Crippen LogP contribution in [-0.2, 0) is 10.4 Å². The summed E-state index contributed by atoms with van der Waals surface area (Å²) in [5.41, 5.74) is -0.754. The molecule has 1 aliphatic rings. The lowest BCUT2D eigenvalue weighted by Crippen LogP contribution is -2.38. The standard InChI is InChI=1S/C12H14O4/c1-8-6-12(15,7-11(13)14)9-4-2-3-5-10(9)16-8/h2-5,8,15H,6-7H2,1H3,(H,13,14)/t8-,12?/m1/s1. The number of aliphatic carboxylic acids is 1. The molecule has 1 unspecified atom stereocenters. The highest BCUT2D eigenvalue weighted by atomic mass is 16.5. The van der Waals surface area contributed by atoms with Gasteiger partial charge in [0.2, 0.25) is 0 Å². The molecule has 0 amide bonds. The first kappa shape index (κ1) is 11.0. The molecule has 2 atom stereocenters. The number of carboxylic acids is 1. The van der Waals surface area contributed by atoms with Gasteiger partial charge in [0.1, 0.15) is 11.4 Å². The zero-order valence-electron chi connectivity index (χ0n) is 9.01. The quantitative estimate of drug-likeness (QED) is 0.796. The van der Waals surface area contributed by atoms with Crippen LogP contribution in [-0.4, -0.2) is 22.3 Å².